The Labute approximate surface area is 191 Å². The largest absolute Gasteiger partial charge is 0.393 e. The van der Waals surface area contributed by atoms with Gasteiger partial charge in [0.2, 0.25) is 0 Å². The summed E-state index contributed by atoms with van der Waals surface area (Å²) < 4.78 is 0. The van der Waals surface area contributed by atoms with Gasteiger partial charge in [-0.3, -0.25) is 4.79 Å². The highest BCUT2D eigenvalue weighted by molar-refractivity contribution is 5.89. The Hall–Kier alpha value is -0.630. The number of hydrogen-bond acceptors (Lipinski definition) is 2. The number of ketones is 1. The molecule has 0 unspecified atom stereocenters. The van der Waals surface area contributed by atoms with Gasteiger partial charge in [-0.1, -0.05) is 65.5 Å². The number of hydrogen-bond donors (Lipinski definition) is 1. The topological polar surface area (TPSA) is 37.3 Å². The first-order valence-corrected chi connectivity index (χ1v) is 13.4. The van der Waals surface area contributed by atoms with E-state index in [-0.39, 0.29) is 22.3 Å². The Morgan fingerprint density at radius 3 is 2.45 bits per heavy atom. The molecule has 0 bridgehead atoms. The summed E-state index contributed by atoms with van der Waals surface area (Å²) >= 11 is 0. The second-order valence-electron chi connectivity index (χ2n) is 13.4. The highest BCUT2D eigenvalue weighted by Crippen LogP contribution is 2.68. The van der Waals surface area contributed by atoms with Crippen LogP contribution in [0.2, 0.25) is 0 Å². The molecule has 0 aliphatic heterocycles. The van der Waals surface area contributed by atoms with Crippen molar-refractivity contribution in [1.82, 2.24) is 0 Å². The van der Waals surface area contributed by atoms with E-state index in [1.165, 1.54) is 37.7 Å². The average Bonchev–Trinajstić information content (AvgIpc) is 2.95. The van der Waals surface area contributed by atoms with E-state index in [0.717, 1.165) is 31.6 Å². The molecule has 0 heterocycles. The van der Waals surface area contributed by atoms with Crippen molar-refractivity contribution in [3.05, 3.63) is 11.6 Å². The molecule has 4 rings (SSSR count). The van der Waals surface area contributed by atoms with Crippen LogP contribution in [-0.4, -0.2) is 17.0 Å². The number of Topliss-reactive ketones (excluding diaryl/α,β-unsaturated/α-hetero) is 1. The van der Waals surface area contributed by atoms with E-state index >= 15 is 0 Å². The van der Waals surface area contributed by atoms with Crippen molar-refractivity contribution >= 4 is 5.78 Å². The van der Waals surface area contributed by atoms with E-state index in [9.17, 15) is 9.90 Å². The normalized spacial score (nSPS) is 45.0. The molecule has 4 aliphatic rings. The molecule has 0 saturated heterocycles. The summed E-state index contributed by atoms with van der Waals surface area (Å²) in [4.78, 5) is 12.7. The van der Waals surface area contributed by atoms with Crippen molar-refractivity contribution in [1.29, 1.82) is 0 Å². The fourth-order valence-electron chi connectivity index (χ4n) is 9.33. The number of allylic oxidation sites excluding steroid dienone is 2. The van der Waals surface area contributed by atoms with Crippen LogP contribution < -0.4 is 0 Å². The van der Waals surface area contributed by atoms with Gasteiger partial charge in [0.05, 0.1) is 6.10 Å². The molecular weight excluding hydrogens is 380 g/mol. The van der Waals surface area contributed by atoms with Gasteiger partial charge in [-0.15, -0.1) is 0 Å². The summed E-state index contributed by atoms with van der Waals surface area (Å²) in [5.41, 5.74) is 1.60. The van der Waals surface area contributed by atoms with Gasteiger partial charge in [0.25, 0.3) is 0 Å². The first-order valence-electron chi connectivity index (χ1n) is 13.4. The monoisotopic (exact) mass is 428 g/mol. The summed E-state index contributed by atoms with van der Waals surface area (Å²) in [7, 11) is 0. The Morgan fingerprint density at radius 1 is 1.06 bits per heavy atom. The Bertz CT molecular complexity index is 733. The standard InChI is InChI=1S/C29H48O2/c1-18(2)9-8-10-19(3)26-23(30)17-22-20-11-12-24-27(4,5)25(31)14-16-28(24,6)21(20)13-15-29(22,26)7/h12,18-23,26,30H,8-11,13-17H2,1-7H3/t19-,20-,21+,22+,23+,26+,28-,29+/m1/s1. The molecule has 2 heteroatoms. The van der Waals surface area contributed by atoms with Gasteiger partial charge in [0, 0.05) is 11.8 Å². The van der Waals surface area contributed by atoms with Crippen molar-refractivity contribution in [2.45, 2.75) is 112 Å². The van der Waals surface area contributed by atoms with Gasteiger partial charge >= 0.3 is 0 Å². The van der Waals surface area contributed by atoms with Crippen LogP contribution in [0.1, 0.15) is 106 Å². The van der Waals surface area contributed by atoms with Crippen molar-refractivity contribution in [2.24, 2.45) is 51.8 Å². The van der Waals surface area contributed by atoms with Crippen LogP contribution in [0.15, 0.2) is 11.6 Å². The minimum absolute atomic E-state index is 0.134. The SMILES string of the molecule is CC(C)CCC[C@@H](C)[C@H]1[C@@H](O)C[C@H]2[C@@H]3CC=C4C(C)(C)C(=O)CC[C@]4(C)[C@H]3CC[C@]12C. The number of aliphatic hydroxyl groups excluding tert-OH is 1. The van der Waals surface area contributed by atoms with E-state index in [4.69, 9.17) is 0 Å². The average molecular weight is 429 g/mol. The molecule has 0 aromatic heterocycles. The summed E-state index contributed by atoms with van der Waals surface area (Å²) in [6.07, 6.45) is 12.6. The van der Waals surface area contributed by atoms with E-state index in [2.05, 4.69) is 54.5 Å². The fraction of sp³-hybridized carbons (Fsp3) is 0.897. The number of rotatable bonds is 5. The number of aliphatic hydroxyl groups is 1. The number of fused-ring (bicyclic) bond motifs is 5. The second kappa shape index (κ2) is 8.00. The molecule has 1 N–H and O–H groups in total. The summed E-state index contributed by atoms with van der Waals surface area (Å²) in [6.45, 7) is 16.4. The third-order valence-corrected chi connectivity index (χ3v) is 10.9. The lowest BCUT2D eigenvalue weighted by Crippen LogP contribution is -2.53. The first-order chi connectivity index (χ1) is 14.4. The molecule has 0 aromatic rings. The lowest BCUT2D eigenvalue weighted by Gasteiger charge is -2.60. The van der Waals surface area contributed by atoms with Gasteiger partial charge in [-0.25, -0.2) is 0 Å². The van der Waals surface area contributed by atoms with Crippen LogP contribution in [0.5, 0.6) is 0 Å². The smallest absolute Gasteiger partial charge is 0.142 e. The maximum atomic E-state index is 12.7. The van der Waals surface area contributed by atoms with Crippen molar-refractivity contribution < 1.29 is 9.90 Å². The molecular formula is C29H48O2. The maximum Gasteiger partial charge on any atom is 0.142 e. The van der Waals surface area contributed by atoms with Crippen molar-refractivity contribution in [3.63, 3.8) is 0 Å². The molecule has 0 aromatic carbocycles. The summed E-state index contributed by atoms with van der Waals surface area (Å²) in [6, 6.07) is 0. The fourth-order valence-corrected chi connectivity index (χ4v) is 9.33. The lowest BCUT2D eigenvalue weighted by atomic mass is 9.44. The van der Waals surface area contributed by atoms with Crippen molar-refractivity contribution in [2.75, 3.05) is 0 Å². The zero-order valence-corrected chi connectivity index (χ0v) is 21.3. The lowest BCUT2D eigenvalue weighted by molar-refractivity contribution is -0.132. The predicted molar refractivity (Wildman–Crippen MR) is 129 cm³/mol. The van der Waals surface area contributed by atoms with Crippen LogP contribution in [0.3, 0.4) is 0 Å². The molecule has 4 aliphatic carbocycles. The third kappa shape index (κ3) is 3.58. The van der Waals surface area contributed by atoms with Crippen LogP contribution in [0.25, 0.3) is 0 Å². The predicted octanol–water partition coefficient (Wildman–Crippen LogP) is 7.20. The Morgan fingerprint density at radius 2 is 1.77 bits per heavy atom. The van der Waals surface area contributed by atoms with Crippen LogP contribution in [0.4, 0.5) is 0 Å². The molecule has 0 spiro atoms. The molecule has 3 fully saturated rings. The van der Waals surface area contributed by atoms with Gasteiger partial charge < -0.3 is 5.11 Å². The van der Waals surface area contributed by atoms with Crippen molar-refractivity contribution in [3.8, 4) is 0 Å². The molecule has 2 nitrogen and oxygen atoms in total. The molecule has 31 heavy (non-hydrogen) atoms. The summed E-state index contributed by atoms with van der Waals surface area (Å²) in [5, 5.41) is 11.3. The zero-order chi connectivity index (χ0) is 22.8. The van der Waals surface area contributed by atoms with Crippen LogP contribution >= 0.6 is 0 Å². The third-order valence-electron chi connectivity index (χ3n) is 10.9. The number of carbonyl (C=O) groups excluding carboxylic acids is 1. The first kappa shape index (κ1) is 23.5. The molecule has 0 radical (unpaired) electrons. The van der Waals surface area contributed by atoms with E-state index in [1.54, 1.807) is 0 Å². The van der Waals surface area contributed by atoms with E-state index < -0.39 is 0 Å². The van der Waals surface area contributed by atoms with Gasteiger partial charge in [-0.2, -0.15) is 0 Å². The molecule has 8 atom stereocenters. The van der Waals surface area contributed by atoms with Gasteiger partial charge in [0.1, 0.15) is 5.78 Å². The number of carbonyl (C=O) groups is 1. The minimum atomic E-state index is -0.290. The minimum Gasteiger partial charge on any atom is -0.393 e. The second-order valence-corrected chi connectivity index (χ2v) is 13.4. The molecule has 0 amide bonds. The van der Waals surface area contributed by atoms with E-state index in [0.29, 0.717) is 35.4 Å². The maximum absolute atomic E-state index is 12.7. The zero-order valence-electron chi connectivity index (χ0n) is 21.3. The van der Waals surface area contributed by atoms with Gasteiger partial charge in [-0.05, 0) is 92.3 Å². The summed E-state index contributed by atoms with van der Waals surface area (Å²) in [5.74, 6) is 4.26. The van der Waals surface area contributed by atoms with E-state index in [1.807, 2.05) is 0 Å². The highest BCUT2D eigenvalue weighted by Gasteiger charge is 2.63. The van der Waals surface area contributed by atoms with Gasteiger partial charge in [0.15, 0.2) is 0 Å². The molecule has 3 saturated carbocycles. The molecule has 176 valence electrons. The van der Waals surface area contributed by atoms with Crippen LogP contribution in [0, 0.1) is 51.8 Å². The Kier molecular flexibility index (Phi) is 6.07. The Balaban J connectivity index is 1.58. The van der Waals surface area contributed by atoms with Crippen LogP contribution in [-0.2, 0) is 4.79 Å². The quantitative estimate of drug-likeness (QED) is 0.470. The highest BCUT2D eigenvalue weighted by atomic mass is 16.3.